The van der Waals surface area contributed by atoms with Gasteiger partial charge >= 0.3 is 0 Å². The summed E-state index contributed by atoms with van der Waals surface area (Å²) in [6, 6.07) is 7.95. The van der Waals surface area contributed by atoms with Crippen LogP contribution in [-0.2, 0) is 0 Å². The highest BCUT2D eigenvalue weighted by Gasteiger charge is 2.22. The smallest absolute Gasteiger partial charge is 0.218 e. The zero-order valence-corrected chi connectivity index (χ0v) is 12.4. The molecule has 0 fully saturated rings. The summed E-state index contributed by atoms with van der Waals surface area (Å²) in [6.45, 7) is 2.70. The third-order valence-corrected chi connectivity index (χ3v) is 3.22. The van der Waals surface area contributed by atoms with Crippen LogP contribution in [0.2, 0.25) is 0 Å². The van der Waals surface area contributed by atoms with Crippen molar-refractivity contribution in [2.45, 2.75) is 13.0 Å². The minimum Gasteiger partial charge on any atom is -0.496 e. The molecule has 5 heteroatoms. The monoisotopic (exact) mass is 290 g/mol. The number of ether oxygens (including phenoxy) is 2. The molecule has 0 radical (unpaired) electrons. The third-order valence-electron chi connectivity index (χ3n) is 3.22. The zero-order valence-electron chi connectivity index (χ0n) is 12.4. The highest BCUT2D eigenvalue weighted by atomic mass is 19.1. The molecule has 1 unspecified atom stereocenters. The van der Waals surface area contributed by atoms with E-state index in [0.717, 1.165) is 5.56 Å². The number of hydrogen-bond acceptors (Lipinski definition) is 4. The van der Waals surface area contributed by atoms with Crippen molar-refractivity contribution in [2.75, 3.05) is 20.8 Å². The van der Waals surface area contributed by atoms with Gasteiger partial charge in [0, 0.05) is 17.3 Å². The number of nitrogens with zero attached hydrogens (tertiary/aromatic N) is 1. The number of hydrogen-bond donors (Lipinski definition) is 1. The number of halogens is 1. The Morgan fingerprint density at radius 1 is 1.19 bits per heavy atom. The highest BCUT2D eigenvalue weighted by molar-refractivity contribution is 5.44. The molecule has 1 aromatic heterocycles. The molecule has 21 heavy (non-hydrogen) atoms. The quantitative estimate of drug-likeness (QED) is 0.888. The first-order valence-electron chi connectivity index (χ1n) is 6.77. The third kappa shape index (κ3) is 3.31. The Morgan fingerprint density at radius 3 is 2.67 bits per heavy atom. The number of nitrogens with one attached hydrogen (secondary N) is 1. The van der Waals surface area contributed by atoms with E-state index in [0.29, 0.717) is 23.7 Å². The van der Waals surface area contributed by atoms with Gasteiger partial charge in [-0.1, -0.05) is 13.0 Å². The summed E-state index contributed by atoms with van der Waals surface area (Å²) in [5, 5.41) is 3.33. The fraction of sp³-hybridized carbons (Fsp3) is 0.312. The van der Waals surface area contributed by atoms with Crippen LogP contribution in [0.4, 0.5) is 4.39 Å². The van der Waals surface area contributed by atoms with Gasteiger partial charge < -0.3 is 14.8 Å². The van der Waals surface area contributed by atoms with Crippen molar-refractivity contribution >= 4 is 0 Å². The molecule has 0 saturated carbocycles. The molecule has 1 N–H and O–H groups in total. The second-order valence-corrected chi connectivity index (χ2v) is 4.48. The lowest BCUT2D eigenvalue weighted by molar-refractivity contribution is 0.382. The number of rotatable bonds is 6. The second kappa shape index (κ2) is 7.04. The molecule has 0 saturated heterocycles. The van der Waals surface area contributed by atoms with Gasteiger partial charge in [-0.25, -0.2) is 9.37 Å². The van der Waals surface area contributed by atoms with Crippen molar-refractivity contribution < 1.29 is 13.9 Å². The molecule has 0 bridgehead atoms. The lowest BCUT2D eigenvalue weighted by Gasteiger charge is -2.22. The van der Waals surface area contributed by atoms with Crippen LogP contribution >= 0.6 is 0 Å². The molecule has 0 spiro atoms. The van der Waals surface area contributed by atoms with Gasteiger partial charge in [-0.3, -0.25) is 0 Å². The minimum absolute atomic E-state index is 0.260. The highest BCUT2D eigenvalue weighted by Crippen LogP contribution is 2.34. The molecule has 1 aromatic carbocycles. The van der Waals surface area contributed by atoms with E-state index >= 15 is 0 Å². The number of aromatic nitrogens is 1. The van der Waals surface area contributed by atoms with Gasteiger partial charge in [0.15, 0.2) is 0 Å². The predicted molar refractivity (Wildman–Crippen MR) is 79.3 cm³/mol. The average molecular weight is 290 g/mol. The Morgan fingerprint density at radius 2 is 2.00 bits per heavy atom. The van der Waals surface area contributed by atoms with Gasteiger partial charge in [0.1, 0.15) is 11.6 Å². The topological polar surface area (TPSA) is 43.4 Å². The SMILES string of the molecule is CCNC(c1cc(F)ccc1OC)c1cccnc1OC. The molecule has 1 heterocycles. The first-order chi connectivity index (χ1) is 10.2. The minimum atomic E-state index is -0.309. The maximum atomic E-state index is 13.7. The van der Waals surface area contributed by atoms with Crippen LogP contribution in [0, 0.1) is 5.82 Å². The Balaban J connectivity index is 2.55. The number of benzene rings is 1. The first-order valence-corrected chi connectivity index (χ1v) is 6.77. The van der Waals surface area contributed by atoms with Crippen LogP contribution in [0.5, 0.6) is 11.6 Å². The Bertz CT molecular complexity index is 605. The van der Waals surface area contributed by atoms with E-state index in [9.17, 15) is 4.39 Å². The van der Waals surface area contributed by atoms with E-state index in [1.807, 2.05) is 19.1 Å². The van der Waals surface area contributed by atoms with E-state index in [4.69, 9.17) is 9.47 Å². The summed E-state index contributed by atoms with van der Waals surface area (Å²) in [7, 11) is 3.14. The van der Waals surface area contributed by atoms with E-state index in [-0.39, 0.29) is 11.9 Å². The Hall–Kier alpha value is -2.14. The predicted octanol–water partition coefficient (Wildman–Crippen LogP) is 2.94. The summed E-state index contributed by atoms with van der Waals surface area (Å²) < 4.78 is 24.3. The zero-order chi connectivity index (χ0) is 15.2. The van der Waals surface area contributed by atoms with E-state index in [2.05, 4.69) is 10.3 Å². The standard InChI is InChI=1S/C16H19FN2O2/c1-4-18-15(12-6-5-9-19-16(12)21-3)13-10-11(17)7-8-14(13)20-2/h5-10,15,18H,4H2,1-3H3. The Kier molecular flexibility index (Phi) is 5.11. The molecule has 112 valence electrons. The fourth-order valence-corrected chi connectivity index (χ4v) is 2.32. The van der Waals surface area contributed by atoms with Crippen molar-refractivity contribution in [3.05, 3.63) is 53.5 Å². The van der Waals surface area contributed by atoms with Gasteiger partial charge in [0.05, 0.1) is 20.3 Å². The summed E-state index contributed by atoms with van der Waals surface area (Å²) in [5.74, 6) is 0.819. The molecule has 0 amide bonds. The van der Waals surface area contributed by atoms with Gasteiger partial charge in [-0.2, -0.15) is 0 Å². The molecule has 2 aromatic rings. The normalized spacial score (nSPS) is 12.0. The van der Waals surface area contributed by atoms with Crippen molar-refractivity contribution in [3.8, 4) is 11.6 Å². The van der Waals surface area contributed by atoms with Crippen molar-refractivity contribution in [1.29, 1.82) is 0 Å². The van der Waals surface area contributed by atoms with Crippen molar-refractivity contribution in [2.24, 2.45) is 0 Å². The maximum Gasteiger partial charge on any atom is 0.218 e. The van der Waals surface area contributed by atoms with E-state index < -0.39 is 0 Å². The molecule has 0 aliphatic rings. The van der Waals surface area contributed by atoms with Crippen LogP contribution in [-0.4, -0.2) is 25.7 Å². The van der Waals surface area contributed by atoms with Crippen LogP contribution in [0.15, 0.2) is 36.5 Å². The summed E-state index contributed by atoms with van der Waals surface area (Å²) in [5.41, 5.74) is 1.55. The molecule has 4 nitrogen and oxygen atoms in total. The van der Waals surface area contributed by atoms with Gasteiger partial charge in [-0.05, 0) is 30.8 Å². The van der Waals surface area contributed by atoms with E-state index in [1.165, 1.54) is 12.1 Å². The average Bonchev–Trinajstić information content (AvgIpc) is 2.52. The van der Waals surface area contributed by atoms with Crippen LogP contribution in [0.25, 0.3) is 0 Å². The lowest BCUT2D eigenvalue weighted by atomic mass is 9.98. The number of pyridine rings is 1. The molecule has 2 rings (SSSR count). The first kappa shape index (κ1) is 15.3. The molecule has 0 aliphatic carbocycles. The van der Waals surface area contributed by atoms with Crippen molar-refractivity contribution in [3.63, 3.8) is 0 Å². The molecule has 0 aliphatic heterocycles. The van der Waals surface area contributed by atoms with Gasteiger partial charge in [0.25, 0.3) is 0 Å². The van der Waals surface area contributed by atoms with E-state index in [1.54, 1.807) is 26.5 Å². The summed E-state index contributed by atoms with van der Waals surface area (Å²) in [4.78, 5) is 4.21. The molecule has 1 atom stereocenters. The maximum absolute atomic E-state index is 13.7. The molecular weight excluding hydrogens is 271 g/mol. The number of methoxy groups -OCH3 is 2. The van der Waals surface area contributed by atoms with Gasteiger partial charge in [-0.15, -0.1) is 0 Å². The van der Waals surface area contributed by atoms with Crippen LogP contribution in [0.3, 0.4) is 0 Å². The molecular formula is C16H19FN2O2. The fourth-order valence-electron chi connectivity index (χ4n) is 2.32. The van der Waals surface area contributed by atoms with Crippen molar-refractivity contribution in [1.82, 2.24) is 10.3 Å². The Labute approximate surface area is 123 Å². The lowest BCUT2D eigenvalue weighted by Crippen LogP contribution is -2.23. The van der Waals surface area contributed by atoms with Gasteiger partial charge in [0.2, 0.25) is 5.88 Å². The largest absolute Gasteiger partial charge is 0.496 e. The van der Waals surface area contributed by atoms with Crippen LogP contribution < -0.4 is 14.8 Å². The summed E-state index contributed by atoms with van der Waals surface area (Å²) in [6.07, 6.45) is 1.66. The second-order valence-electron chi connectivity index (χ2n) is 4.48. The summed E-state index contributed by atoms with van der Waals surface area (Å²) >= 11 is 0. The van der Waals surface area contributed by atoms with Crippen LogP contribution in [0.1, 0.15) is 24.1 Å².